The molecule has 0 amide bonds. The van der Waals surface area contributed by atoms with Crippen LogP contribution in [-0.2, 0) is 17.7 Å². The molecule has 0 spiro atoms. The van der Waals surface area contributed by atoms with Gasteiger partial charge in [-0.2, -0.15) is 0 Å². The minimum absolute atomic E-state index is 0.0962. The van der Waals surface area contributed by atoms with Crippen LogP contribution in [0.2, 0.25) is 0 Å². The number of hydrogen-bond acceptors (Lipinski definition) is 4. The molecule has 1 aromatic heterocycles. The van der Waals surface area contributed by atoms with Gasteiger partial charge in [-0.05, 0) is 18.9 Å². The van der Waals surface area contributed by atoms with E-state index < -0.39 is 0 Å². The van der Waals surface area contributed by atoms with E-state index in [2.05, 4.69) is 46.1 Å². The molecule has 1 aliphatic heterocycles. The van der Waals surface area contributed by atoms with Crippen LogP contribution in [0.15, 0.2) is 41.5 Å². The molecule has 0 radical (unpaired) electrons. The normalized spacial score (nSPS) is 19.4. The van der Waals surface area contributed by atoms with E-state index in [1.807, 2.05) is 0 Å². The van der Waals surface area contributed by atoms with Crippen molar-refractivity contribution in [2.24, 2.45) is 5.92 Å². The summed E-state index contributed by atoms with van der Waals surface area (Å²) in [7, 11) is 0. The van der Waals surface area contributed by atoms with E-state index in [9.17, 15) is 4.79 Å². The second-order valence-electron chi connectivity index (χ2n) is 6.27. The van der Waals surface area contributed by atoms with Crippen LogP contribution in [0, 0.1) is 12.8 Å². The molecule has 0 saturated carbocycles. The Labute approximate surface area is 136 Å². The molecule has 0 aliphatic carbocycles. The molecular formula is C18H23N3O2. The van der Waals surface area contributed by atoms with Crippen LogP contribution in [0.4, 0.5) is 0 Å². The van der Waals surface area contributed by atoms with Crippen molar-refractivity contribution < 1.29 is 4.74 Å². The molecule has 5 nitrogen and oxygen atoms in total. The third-order valence-corrected chi connectivity index (χ3v) is 4.18. The predicted molar refractivity (Wildman–Crippen MR) is 89.3 cm³/mol. The van der Waals surface area contributed by atoms with Gasteiger partial charge in [-0.3, -0.25) is 9.69 Å². The summed E-state index contributed by atoms with van der Waals surface area (Å²) in [5, 5.41) is 0. The molecule has 23 heavy (non-hydrogen) atoms. The SMILES string of the molecule is Cc1ccc(CN2CCOC[C@H](Cc3cc(=O)[nH]cn3)C2)cc1. The highest BCUT2D eigenvalue weighted by molar-refractivity contribution is 5.21. The number of nitrogens with zero attached hydrogens (tertiary/aromatic N) is 2. The first-order valence-corrected chi connectivity index (χ1v) is 8.08. The maximum absolute atomic E-state index is 11.4. The lowest BCUT2D eigenvalue weighted by molar-refractivity contribution is 0.121. The van der Waals surface area contributed by atoms with Gasteiger partial charge in [-0.15, -0.1) is 0 Å². The summed E-state index contributed by atoms with van der Waals surface area (Å²) in [6, 6.07) is 10.3. The lowest BCUT2D eigenvalue weighted by Gasteiger charge is -2.23. The van der Waals surface area contributed by atoms with Crippen LogP contribution in [0.25, 0.3) is 0 Å². The first-order valence-electron chi connectivity index (χ1n) is 8.08. The minimum Gasteiger partial charge on any atom is -0.380 e. The van der Waals surface area contributed by atoms with Crippen molar-refractivity contribution in [1.29, 1.82) is 0 Å². The Morgan fingerprint density at radius 1 is 1.35 bits per heavy atom. The largest absolute Gasteiger partial charge is 0.380 e. The number of aromatic amines is 1. The number of benzene rings is 1. The van der Waals surface area contributed by atoms with Crippen molar-refractivity contribution in [2.45, 2.75) is 19.9 Å². The Kier molecular flexibility index (Phi) is 5.20. The van der Waals surface area contributed by atoms with Gasteiger partial charge < -0.3 is 9.72 Å². The van der Waals surface area contributed by atoms with E-state index >= 15 is 0 Å². The predicted octanol–water partition coefficient (Wildman–Crippen LogP) is 1.77. The molecule has 2 aromatic rings. The van der Waals surface area contributed by atoms with Crippen molar-refractivity contribution in [3.63, 3.8) is 0 Å². The molecule has 1 aromatic carbocycles. The summed E-state index contributed by atoms with van der Waals surface area (Å²) in [4.78, 5) is 20.6. The zero-order valence-corrected chi connectivity index (χ0v) is 13.5. The maximum atomic E-state index is 11.4. The van der Waals surface area contributed by atoms with Crippen LogP contribution in [-0.4, -0.2) is 41.2 Å². The number of rotatable bonds is 4. The molecule has 1 atom stereocenters. The average Bonchev–Trinajstić information content (AvgIpc) is 2.75. The highest BCUT2D eigenvalue weighted by Gasteiger charge is 2.19. The molecule has 1 N–H and O–H groups in total. The zero-order valence-electron chi connectivity index (χ0n) is 13.5. The van der Waals surface area contributed by atoms with Crippen molar-refractivity contribution in [2.75, 3.05) is 26.3 Å². The van der Waals surface area contributed by atoms with Gasteiger partial charge in [0.15, 0.2) is 0 Å². The van der Waals surface area contributed by atoms with Gasteiger partial charge in [0, 0.05) is 37.3 Å². The quantitative estimate of drug-likeness (QED) is 0.934. The van der Waals surface area contributed by atoms with E-state index in [1.54, 1.807) is 6.07 Å². The van der Waals surface area contributed by atoms with Crippen molar-refractivity contribution >= 4 is 0 Å². The Morgan fingerprint density at radius 3 is 2.96 bits per heavy atom. The molecule has 1 saturated heterocycles. The Hall–Kier alpha value is -1.98. The molecule has 5 heteroatoms. The lowest BCUT2D eigenvalue weighted by atomic mass is 10.0. The van der Waals surface area contributed by atoms with Crippen LogP contribution in [0.1, 0.15) is 16.8 Å². The average molecular weight is 313 g/mol. The molecule has 1 aliphatic rings. The second kappa shape index (κ2) is 7.53. The van der Waals surface area contributed by atoms with Gasteiger partial charge >= 0.3 is 0 Å². The summed E-state index contributed by atoms with van der Waals surface area (Å²) >= 11 is 0. The number of hydrogen-bond donors (Lipinski definition) is 1. The Morgan fingerprint density at radius 2 is 2.17 bits per heavy atom. The van der Waals surface area contributed by atoms with Gasteiger partial charge in [0.1, 0.15) is 0 Å². The molecule has 122 valence electrons. The third kappa shape index (κ3) is 4.74. The molecule has 0 bridgehead atoms. The number of ether oxygens (including phenoxy) is 1. The van der Waals surface area contributed by atoms with Gasteiger partial charge in [0.2, 0.25) is 0 Å². The lowest BCUT2D eigenvalue weighted by Crippen LogP contribution is -2.30. The fourth-order valence-corrected chi connectivity index (χ4v) is 2.99. The maximum Gasteiger partial charge on any atom is 0.250 e. The van der Waals surface area contributed by atoms with Crippen LogP contribution in [0.3, 0.4) is 0 Å². The van der Waals surface area contributed by atoms with Crippen LogP contribution < -0.4 is 5.56 Å². The monoisotopic (exact) mass is 313 g/mol. The number of nitrogens with one attached hydrogen (secondary N) is 1. The van der Waals surface area contributed by atoms with Crippen LogP contribution in [0.5, 0.6) is 0 Å². The van der Waals surface area contributed by atoms with E-state index in [-0.39, 0.29) is 5.56 Å². The molecule has 3 rings (SSSR count). The van der Waals surface area contributed by atoms with Crippen molar-refractivity contribution in [3.8, 4) is 0 Å². The first kappa shape index (κ1) is 15.9. The van der Waals surface area contributed by atoms with Gasteiger partial charge in [0.05, 0.1) is 19.5 Å². The van der Waals surface area contributed by atoms with Gasteiger partial charge in [0.25, 0.3) is 5.56 Å². The summed E-state index contributed by atoms with van der Waals surface area (Å²) in [5.74, 6) is 0.359. The molecule has 0 unspecified atom stereocenters. The van der Waals surface area contributed by atoms with E-state index in [4.69, 9.17) is 4.74 Å². The third-order valence-electron chi connectivity index (χ3n) is 4.18. The highest BCUT2D eigenvalue weighted by atomic mass is 16.5. The zero-order chi connectivity index (χ0) is 16.1. The Balaban J connectivity index is 1.63. The minimum atomic E-state index is -0.0962. The molecule has 2 heterocycles. The summed E-state index contributed by atoms with van der Waals surface area (Å²) < 4.78 is 5.74. The van der Waals surface area contributed by atoms with Crippen molar-refractivity contribution in [3.05, 3.63) is 63.8 Å². The smallest absolute Gasteiger partial charge is 0.250 e. The topological polar surface area (TPSA) is 58.2 Å². The second-order valence-corrected chi connectivity index (χ2v) is 6.27. The van der Waals surface area contributed by atoms with Crippen LogP contribution >= 0.6 is 0 Å². The number of H-pyrrole nitrogens is 1. The van der Waals surface area contributed by atoms with E-state index in [0.29, 0.717) is 5.92 Å². The standard InChI is InChI=1S/C18H23N3O2/c1-14-2-4-15(5-3-14)10-21-6-7-23-12-16(11-21)8-17-9-18(22)20-13-19-17/h2-5,9,13,16H,6-8,10-12H2,1H3,(H,19,20,22)/t16-/m1/s1. The van der Waals surface area contributed by atoms with Crippen molar-refractivity contribution in [1.82, 2.24) is 14.9 Å². The molecular weight excluding hydrogens is 290 g/mol. The fourth-order valence-electron chi connectivity index (χ4n) is 2.99. The number of aryl methyl sites for hydroxylation is 1. The highest BCUT2D eigenvalue weighted by Crippen LogP contribution is 2.15. The summed E-state index contributed by atoms with van der Waals surface area (Å²) in [6.45, 7) is 6.41. The molecule has 1 fully saturated rings. The van der Waals surface area contributed by atoms with E-state index in [1.165, 1.54) is 17.5 Å². The Bertz CT molecular complexity index is 681. The fraction of sp³-hybridized carbons (Fsp3) is 0.444. The van der Waals surface area contributed by atoms with Gasteiger partial charge in [-0.1, -0.05) is 29.8 Å². The summed E-state index contributed by atoms with van der Waals surface area (Å²) in [5.41, 5.74) is 3.34. The number of aromatic nitrogens is 2. The van der Waals surface area contributed by atoms with E-state index in [0.717, 1.165) is 45.0 Å². The van der Waals surface area contributed by atoms with Gasteiger partial charge in [-0.25, -0.2) is 4.98 Å². The summed E-state index contributed by atoms with van der Waals surface area (Å²) in [6.07, 6.45) is 2.24. The first-order chi connectivity index (χ1) is 11.2.